The fourth-order valence-electron chi connectivity index (χ4n) is 1.16. The zero-order chi connectivity index (χ0) is 14.5. The number of tetrazole rings is 1. The number of hydrogen-bond donors (Lipinski definition) is 2. The van der Waals surface area contributed by atoms with Crippen molar-refractivity contribution in [3.63, 3.8) is 0 Å². The molecule has 0 aliphatic rings. The maximum Gasteiger partial charge on any atom is 0.325 e. The summed E-state index contributed by atoms with van der Waals surface area (Å²) in [6.07, 6.45) is 0. The predicted molar refractivity (Wildman–Crippen MR) is 63.8 cm³/mol. The van der Waals surface area contributed by atoms with Gasteiger partial charge in [0.05, 0.1) is 5.75 Å². The van der Waals surface area contributed by atoms with Crippen LogP contribution in [0.4, 0.5) is 6.01 Å². The molecule has 0 radical (unpaired) electrons. The molecule has 11 nitrogen and oxygen atoms in total. The maximum absolute atomic E-state index is 11.6. The molecule has 0 aliphatic carbocycles. The number of carboxylic acids is 1. The molecule has 0 unspecified atom stereocenters. The molecule has 1 amide bonds. The van der Waals surface area contributed by atoms with Crippen molar-refractivity contribution >= 4 is 29.7 Å². The molecular formula is C8H9N7O4S. The second-order valence-corrected chi connectivity index (χ2v) is 4.42. The Morgan fingerprint density at radius 1 is 1.40 bits per heavy atom. The van der Waals surface area contributed by atoms with E-state index in [9.17, 15) is 9.59 Å². The van der Waals surface area contributed by atoms with E-state index in [1.165, 1.54) is 0 Å². The molecule has 0 bridgehead atoms. The lowest BCUT2D eigenvalue weighted by atomic mass is 10.7. The molecule has 12 heteroatoms. The molecule has 2 aromatic heterocycles. The first kappa shape index (κ1) is 13.9. The minimum Gasteiger partial charge on any atom is -0.480 e. The van der Waals surface area contributed by atoms with Crippen LogP contribution in [0.2, 0.25) is 0 Å². The van der Waals surface area contributed by atoms with Crippen molar-refractivity contribution in [2.24, 2.45) is 0 Å². The molecule has 0 saturated heterocycles. The highest BCUT2D eigenvalue weighted by Crippen LogP contribution is 2.14. The van der Waals surface area contributed by atoms with Crippen LogP contribution in [0.5, 0.6) is 0 Å². The summed E-state index contributed by atoms with van der Waals surface area (Å²) < 4.78 is 6.06. The number of thioether (sulfide) groups is 1. The third-order valence-corrected chi connectivity index (χ3v) is 2.85. The number of amides is 1. The van der Waals surface area contributed by atoms with E-state index in [4.69, 9.17) is 9.52 Å². The van der Waals surface area contributed by atoms with Crippen LogP contribution in [-0.2, 0) is 16.1 Å². The summed E-state index contributed by atoms with van der Waals surface area (Å²) in [5.41, 5.74) is 0. The Labute approximate surface area is 115 Å². The number of hydrogen-bond acceptors (Lipinski definition) is 9. The normalized spacial score (nSPS) is 10.4. The van der Waals surface area contributed by atoms with Crippen LogP contribution in [-0.4, -0.2) is 53.1 Å². The zero-order valence-electron chi connectivity index (χ0n) is 10.2. The monoisotopic (exact) mass is 299 g/mol. The van der Waals surface area contributed by atoms with Crippen molar-refractivity contribution in [2.45, 2.75) is 18.6 Å². The van der Waals surface area contributed by atoms with Crippen molar-refractivity contribution in [2.75, 3.05) is 11.1 Å². The second kappa shape index (κ2) is 6.10. The minimum atomic E-state index is -1.08. The lowest BCUT2D eigenvalue weighted by Gasteiger charge is -2.01. The average molecular weight is 299 g/mol. The highest BCUT2D eigenvalue weighted by molar-refractivity contribution is 7.99. The largest absolute Gasteiger partial charge is 0.480 e. The minimum absolute atomic E-state index is 0.00164. The van der Waals surface area contributed by atoms with Gasteiger partial charge in [-0.1, -0.05) is 16.9 Å². The summed E-state index contributed by atoms with van der Waals surface area (Å²) in [6, 6.07) is -0.00164. The number of aryl methyl sites for hydroxylation is 1. The summed E-state index contributed by atoms with van der Waals surface area (Å²) in [5, 5.41) is 28.9. The van der Waals surface area contributed by atoms with Gasteiger partial charge in [0.2, 0.25) is 17.0 Å². The lowest BCUT2D eigenvalue weighted by molar-refractivity contribution is -0.138. The topological polar surface area (TPSA) is 149 Å². The van der Waals surface area contributed by atoms with Gasteiger partial charge in [0.25, 0.3) is 0 Å². The SMILES string of the molecule is Cc1nnc(NC(=O)CSc2nnnn2CC(=O)O)o1. The third kappa shape index (κ3) is 3.74. The molecule has 2 rings (SSSR count). The molecule has 0 atom stereocenters. The van der Waals surface area contributed by atoms with E-state index in [-0.39, 0.29) is 23.5 Å². The Hall–Kier alpha value is -2.50. The van der Waals surface area contributed by atoms with Crippen LogP contribution in [0.25, 0.3) is 0 Å². The second-order valence-electron chi connectivity index (χ2n) is 3.48. The van der Waals surface area contributed by atoms with Gasteiger partial charge in [-0.15, -0.1) is 10.2 Å². The first-order chi connectivity index (χ1) is 9.54. The number of aromatic nitrogens is 6. The number of carboxylic acid groups (broad SMARTS) is 1. The predicted octanol–water partition coefficient (Wildman–Crippen LogP) is -0.820. The first-order valence-corrected chi connectivity index (χ1v) is 6.24. The molecule has 2 aromatic rings. The van der Waals surface area contributed by atoms with Gasteiger partial charge in [-0.2, -0.15) is 0 Å². The van der Waals surface area contributed by atoms with E-state index >= 15 is 0 Å². The molecule has 2 heterocycles. The summed E-state index contributed by atoms with van der Waals surface area (Å²) in [4.78, 5) is 22.2. The van der Waals surface area contributed by atoms with Crippen LogP contribution in [0.15, 0.2) is 9.57 Å². The van der Waals surface area contributed by atoms with E-state index in [2.05, 4.69) is 31.0 Å². The Kier molecular flexibility index (Phi) is 4.24. The highest BCUT2D eigenvalue weighted by atomic mass is 32.2. The number of nitrogens with zero attached hydrogens (tertiary/aromatic N) is 6. The third-order valence-electron chi connectivity index (χ3n) is 1.89. The molecule has 0 spiro atoms. The molecule has 0 fully saturated rings. The van der Waals surface area contributed by atoms with E-state index in [1.807, 2.05) is 0 Å². The molecule has 106 valence electrons. The van der Waals surface area contributed by atoms with Gasteiger partial charge in [-0.05, 0) is 10.4 Å². The van der Waals surface area contributed by atoms with E-state index in [0.717, 1.165) is 16.4 Å². The maximum atomic E-state index is 11.6. The van der Waals surface area contributed by atoms with Gasteiger partial charge in [-0.3, -0.25) is 14.9 Å². The molecule has 2 N–H and O–H groups in total. The van der Waals surface area contributed by atoms with Crippen LogP contribution < -0.4 is 5.32 Å². The Morgan fingerprint density at radius 3 is 2.85 bits per heavy atom. The zero-order valence-corrected chi connectivity index (χ0v) is 11.0. The van der Waals surface area contributed by atoms with Crippen molar-refractivity contribution in [1.82, 2.24) is 30.4 Å². The van der Waals surface area contributed by atoms with E-state index in [0.29, 0.717) is 5.89 Å². The standard InChI is InChI=1S/C8H9N7O4S/c1-4-10-11-7(19-4)9-5(16)3-20-8-12-13-14-15(8)2-6(17)18/h2-3H2,1H3,(H,17,18)(H,9,11,16). The van der Waals surface area contributed by atoms with Gasteiger partial charge in [0.1, 0.15) is 6.54 Å². The number of carbonyl (C=O) groups excluding carboxylic acids is 1. The van der Waals surface area contributed by atoms with Crippen LogP contribution in [0, 0.1) is 6.92 Å². The number of anilines is 1. The molecule has 0 aromatic carbocycles. The van der Waals surface area contributed by atoms with Gasteiger partial charge < -0.3 is 9.52 Å². The summed E-state index contributed by atoms with van der Waals surface area (Å²) in [6.45, 7) is 1.22. The quantitative estimate of drug-likeness (QED) is 0.647. The number of carbonyl (C=O) groups is 2. The fourth-order valence-corrected chi connectivity index (χ4v) is 1.84. The first-order valence-electron chi connectivity index (χ1n) is 5.25. The molecule has 0 aliphatic heterocycles. The van der Waals surface area contributed by atoms with E-state index < -0.39 is 11.9 Å². The summed E-state index contributed by atoms with van der Waals surface area (Å²) in [5.74, 6) is -1.17. The van der Waals surface area contributed by atoms with Gasteiger partial charge in [0, 0.05) is 6.92 Å². The van der Waals surface area contributed by atoms with Crippen molar-refractivity contribution < 1.29 is 19.1 Å². The highest BCUT2D eigenvalue weighted by Gasteiger charge is 2.13. The van der Waals surface area contributed by atoms with Crippen molar-refractivity contribution in [1.29, 1.82) is 0 Å². The van der Waals surface area contributed by atoms with Gasteiger partial charge >= 0.3 is 12.0 Å². The fraction of sp³-hybridized carbons (Fsp3) is 0.375. The lowest BCUT2D eigenvalue weighted by Crippen LogP contribution is -2.16. The van der Waals surface area contributed by atoms with Crippen LogP contribution in [0.3, 0.4) is 0 Å². The number of nitrogens with one attached hydrogen (secondary N) is 1. The molecular weight excluding hydrogens is 290 g/mol. The van der Waals surface area contributed by atoms with Crippen molar-refractivity contribution in [3.8, 4) is 0 Å². The van der Waals surface area contributed by atoms with Gasteiger partial charge in [-0.25, -0.2) is 4.68 Å². The summed E-state index contributed by atoms with van der Waals surface area (Å²) >= 11 is 0.991. The molecule has 20 heavy (non-hydrogen) atoms. The van der Waals surface area contributed by atoms with Crippen molar-refractivity contribution in [3.05, 3.63) is 5.89 Å². The number of rotatable bonds is 6. The van der Waals surface area contributed by atoms with E-state index in [1.54, 1.807) is 6.92 Å². The smallest absolute Gasteiger partial charge is 0.325 e. The van der Waals surface area contributed by atoms with Crippen LogP contribution in [0.1, 0.15) is 5.89 Å². The van der Waals surface area contributed by atoms with Crippen LogP contribution >= 0.6 is 11.8 Å². The summed E-state index contributed by atoms with van der Waals surface area (Å²) in [7, 11) is 0. The molecule has 0 saturated carbocycles. The number of aliphatic carboxylic acids is 1. The van der Waals surface area contributed by atoms with Gasteiger partial charge in [0.15, 0.2) is 0 Å². The Balaban J connectivity index is 1.87. The Morgan fingerprint density at radius 2 is 2.20 bits per heavy atom. The Bertz CT molecular complexity index is 624. The average Bonchev–Trinajstić information content (AvgIpc) is 2.96.